The van der Waals surface area contributed by atoms with Gasteiger partial charge in [0.1, 0.15) is 10.6 Å². The smallest absolute Gasteiger partial charge is 0.235 e. The number of para-hydroxylation sites is 1. The van der Waals surface area contributed by atoms with Crippen molar-refractivity contribution in [3.8, 4) is 11.6 Å². The molecule has 0 spiro atoms. The van der Waals surface area contributed by atoms with E-state index in [1.807, 2.05) is 41.8 Å². The summed E-state index contributed by atoms with van der Waals surface area (Å²) in [6.45, 7) is 4.27. The lowest BCUT2D eigenvalue weighted by Crippen LogP contribution is -2.25. The van der Waals surface area contributed by atoms with Crippen LogP contribution in [-0.4, -0.2) is 19.8 Å². The molecule has 0 aliphatic rings. The molecule has 0 aliphatic carbocycles. The fourth-order valence-corrected chi connectivity index (χ4v) is 5.34. The van der Waals surface area contributed by atoms with E-state index in [1.165, 1.54) is 11.1 Å². The topological polar surface area (TPSA) is 56.2 Å². The van der Waals surface area contributed by atoms with E-state index in [0.717, 1.165) is 26.5 Å². The Morgan fingerprint density at radius 1 is 0.812 bits per heavy atom. The minimum atomic E-state index is -0.423. The van der Waals surface area contributed by atoms with Crippen molar-refractivity contribution in [2.24, 2.45) is 0 Å². The number of aromatic nitrogens is 4. The van der Waals surface area contributed by atoms with Crippen LogP contribution in [0.15, 0.2) is 89.3 Å². The van der Waals surface area contributed by atoms with E-state index in [0.29, 0.717) is 11.6 Å². The first-order chi connectivity index (χ1) is 15.7. The van der Waals surface area contributed by atoms with Crippen molar-refractivity contribution in [1.82, 2.24) is 19.8 Å². The van der Waals surface area contributed by atoms with Crippen molar-refractivity contribution < 1.29 is 4.42 Å². The zero-order valence-electron chi connectivity index (χ0n) is 17.7. The highest BCUT2D eigenvalue weighted by Crippen LogP contribution is 2.41. The highest BCUT2D eigenvalue weighted by Gasteiger charge is 2.35. The van der Waals surface area contributed by atoms with Gasteiger partial charge in [-0.25, -0.2) is 0 Å². The van der Waals surface area contributed by atoms with Gasteiger partial charge in [-0.1, -0.05) is 90.2 Å². The number of nitrogens with zero attached hydrogens (tertiary/aromatic N) is 4. The molecule has 6 aromatic rings. The Balaban J connectivity index is 1.57. The molecule has 0 fully saturated rings. The molecule has 6 heteroatoms. The van der Waals surface area contributed by atoms with Crippen molar-refractivity contribution in [3.05, 3.63) is 107 Å². The predicted molar refractivity (Wildman–Crippen MR) is 127 cm³/mol. The molecule has 6 rings (SSSR count). The molecule has 32 heavy (non-hydrogen) atoms. The molecular formula is C26H20N4OS. The molecule has 0 aliphatic heterocycles. The quantitative estimate of drug-likeness (QED) is 0.327. The SMILES string of the molecule is Cc1c(-c2nnc3sc(C(C)(c4ccccc4)c4ccccc4)nn23)oc2ccccc12. The van der Waals surface area contributed by atoms with E-state index >= 15 is 0 Å². The van der Waals surface area contributed by atoms with Gasteiger partial charge in [0.2, 0.25) is 10.8 Å². The van der Waals surface area contributed by atoms with Gasteiger partial charge in [0.25, 0.3) is 0 Å². The van der Waals surface area contributed by atoms with E-state index in [1.54, 1.807) is 11.3 Å². The average Bonchev–Trinajstić information content (AvgIpc) is 3.53. The van der Waals surface area contributed by atoms with Crippen LogP contribution in [-0.2, 0) is 5.41 Å². The van der Waals surface area contributed by atoms with Gasteiger partial charge >= 0.3 is 0 Å². The zero-order valence-corrected chi connectivity index (χ0v) is 18.5. The lowest BCUT2D eigenvalue weighted by molar-refractivity contribution is 0.616. The van der Waals surface area contributed by atoms with Gasteiger partial charge in [-0.2, -0.15) is 9.61 Å². The van der Waals surface area contributed by atoms with Crippen LogP contribution in [0.25, 0.3) is 27.5 Å². The summed E-state index contributed by atoms with van der Waals surface area (Å²) in [5.41, 5.74) is 3.81. The Kier molecular flexibility index (Phi) is 4.23. The van der Waals surface area contributed by atoms with Gasteiger partial charge in [0.05, 0.1) is 5.41 Å². The maximum absolute atomic E-state index is 6.16. The Morgan fingerprint density at radius 2 is 1.44 bits per heavy atom. The van der Waals surface area contributed by atoms with Crippen molar-refractivity contribution in [3.63, 3.8) is 0 Å². The van der Waals surface area contributed by atoms with E-state index in [2.05, 4.69) is 71.7 Å². The monoisotopic (exact) mass is 436 g/mol. The van der Waals surface area contributed by atoms with E-state index < -0.39 is 5.41 Å². The van der Waals surface area contributed by atoms with Crippen LogP contribution >= 0.6 is 11.3 Å². The number of fused-ring (bicyclic) bond motifs is 2. The molecule has 5 nitrogen and oxygen atoms in total. The van der Waals surface area contributed by atoms with Gasteiger partial charge in [-0.3, -0.25) is 0 Å². The summed E-state index contributed by atoms with van der Waals surface area (Å²) in [4.78, 5) is 0.743. The number of rotatable bonds is 4. The fourth-order valence-electron chi connectivity index (χ4n) is 4.30. The van der Waals surface area contributed by atoms with Crippen LogP contribution in [0.5, 0.6) is 0 Å². The first-order valence-corrected chi connectivity index (χ1v) is 11.3. The van der Waals surface area contributed by atoms with E-state index in [-0.39, 0.29) is 0 Å². The van der Waals surface area contributed by atoms with Gasteiger partial charge in [-0.15, -0.1) is 10.2 Å². The molecular weight excluding hydrogens is 416 g/mol. The minimum absolute atomic E-state index is 0.423. The molecule has 0 amide bonds. The molecule has 156 valence electrons. The largest absolute Gasteiger partial charge is 0.452 e. The van der Waals surface area contributed by atoms with Crippen molar-refractivity contribution in [2.75, 3.05) is 0 Å². The standard InChI is InChI=1S/C26H20N4OS/c1-17-20-15-9-10-16-21(20)31-22(17)23-27-28-25-30(23)29-24(32-25)26(2,18-11-5-3-6-12-18)19-13-7-4-8-14-19/h3-16H,1-2H3. The molecule has 3 heterocycles. The normalized spacial score (nSPS) is 12.1. The minimum Gasteiger partial charge on any atom is -0.452 e. The second kappa shape index (κ2) is 7.14. The lowest BCUT2D eigenvalue weighted by atomic mass is 9.77. The second-order valence-corrected chi connectivity index (χ2v) is 8.99. The molecule has 3 aromatic heterocycles. The maximum Gasteiger partial charge on any atom is 0.235 e. The lowest BCUT2D eigenvalue weighted by Gasteiger charge is -2.28. The van der Waals surface area contributed by atoms with Crippen molar-refractivity contribution in [1.29, 1.82) is 0 Å². The summed E-state index contributed by atoms with van der Waals surface area (Å²) in [7, 11) is 0. The van der Waals surface area contributed by atoms with Crippen LogP contribution < -0.4 is 0 Å². The predicted octanol–water partition coefficient (Wildman–Crippen LogP) is 6.26. The molecule has 0 saturated heterocycles. The Hall–Kier alpha value is -3.77. The summed E-state index contributed by atoms with van der Waals surface area (Å²) in [6.07, 6.45) is 0. The van der Waals surface area contributed by atoms with Crippen LogP contribution in [0.1, 0.15) is 28.6 Å². The summed E-state index contributed by atoms with van der Waals surface area (Å²) >= 11 is 1.56. The van der Waals surface area contributed by atoms with E-state index in [4.69, 9.17) is 9.52 Å². The van der Waals surface area contributed by atoms with E-state index in [9.17, 15) is 0 Å². The fraction of sp³-hybridized carbons (Fsp3) is 0.115. The molecule has 0 N–H and O–H groups in total. The van der Waals surface area contributed by atoms with Gasteiger partial charge in [0.15, 0.2) is 5.76 Å². The Bertz CT molecular complexity index is 1510. The van der Waals surface area contributed by atoms with Crippen LogP contribution in [0.3, 0.4) is 0 Å². The Morgan fingerprint density at radius 3 is 2.09 bits per heavy atom. The van der Waals surface area contributed by atoms with Gasteiger partial charge in [0, 0.05) is 10.9 Å². The van der Waals surface area contributed by atoms with Gasteiger partial charge < -0.3 is 4.42 Å². The highest BCUT2D eigenvalue weighted by atomic mass is 32.1. The summed E-state index contributed by atoms with van der Waals surface area (Å²) in [5, 5.41) is 15.9. The highest BCUT2D eigenvalue weighted by molar-refractivity contribution is 7.16. The number of benzene rings is 3. The number of hydrogen-bond acceptors (Lipinski definition) is 5. The van der Waals surface area contributed by atoms with Crippen molar-refractivity contribution in [2.45, 2.75) is 19.3 Å². The number of furan rings is 1. The molecule has 0 saturated carbocycles. The van der Waals surface area contributed by atoms with Crippen molar-refractivity contribution >= 4 is 27.3 Å². The van der Waals surface area contributed by atoms with Crippen LogP contribution in [0, 0.1) is 6.92 Å². The Labute approximate surface area is 189 Å². The average molecular weight is 437 g/mol. The van der Waals surface area contributed by atoms with Gasteiger partial charge in [-0.05, 0) is 31.0 Å². The second-order valence-electron chi connectivity index (χ2n) is 8.03. The first kappa shape index (κ1) is 19.0. The third-order valence-electron chi connectivity index (χ3n) is 6.17. The zero-order chi connectivity index (χ0) is 21.7. The third kappa shape index (κ3) is 2.73. The molecule has 0 radical (unpaired) electrons. The first-order valence-electron chi connectivity index (χ1n) is 10.5. The molecule has 0 atom stereocenters. The van der Waals surface area contributed by atoms with Crippen LogP contribution in [0.4, 0.5) is 0 Å². The summed E-state index contributed by atoms with van der Waals surface area (Å²) < 4.78 is 7.97. The van der Waals surface area contributed by atoms with Crippen LogP contribution in [0.2, 0.25) is 0 Å². The number of hydrogen-bond donors (Lipinski definition) is 0. The molecule has 0 unspecified atom stereocenters. The molecule has 3 aromatic carbocycles. The number of aryl methyl sites for hydroxylation is 1. The summed E-state index contributed by atoms with van der Waals surface area (Å²) in [6, 6.07) is 29.0. The summed E-state index contributed by atoms with van der Waals surface area (Å²) in [5.74, 6) is 1.33. The maximum atomic E-state index is 6.16. The molecule has 0 bridgehead atoms. The third-order valence-corrected chi connectivity index (χ3v) is 7.29.